The molecule has 0 saturated carbocycles. The molecule has 2 heteroatoms. The Morgan fingerprint density at radius 1 is 0.895 bits per heavy atom. The lowest BCUT2D eigenvalue weighted by Crippen LogP contribution is -2.15. The molecular weight excluding hydrogens is 236 g/mol. The third-order valence-corrected chi connectivity index (χ3v) is 3.49. The van der Waals surface area contributed by atoms with Gasteiger partial charge in [-0.2, -0.15) is 0 Å². The number of benzene rings is 2. The molecule has 0 amide bonds. The van der Waals surface area contributed by atoms with Crippen molar-refractivity contribution in [2.45, 2.75) is 18.8 Å². The summed E-state index contributed by atoms with van der Waals surface area (Å²) in [5, 5.41) is 0. The SMILES string of the molecule is c1ccc(Oc2ccc(C3CCCOC3)cc2)cc1. The van der Waals surface area contributed by atoms with Crippen molar-refractivity contribution in [3.05, 3.63) is 60.2 Å². The second kappa shape index (κ2) is 5.89. The quantitative estimate of drug-likeness (QED) is 0.809. The van der Waals surface area contributed by atoms with E-state index < -0.39 is 0 Å². The zero-order chi connectivity index (χ0) is 12.9. The Hall–Kier alpha value is -1.80. The Balaban J connectivity index is 1.68. The minimum Gasteiger partial charge on any atom is -0.457 e. The summed E-state index contributed by atoms with van der Waals surface area (Å²) in [5.74, 6) is 2.29. The Bertz CT molecular complexity index is 499. The molecule has 2 aromatic carbocycles. The van der Waals surface area contributed by atoms with Gasteiger partial charge in [0.2, 0.25) is 0 Å². The van der Waals surface area contributed by atoms with Crippen LogP contribution in [0, 0.1) is 0 Å². The van der Waals surface area contributed by atoms with Gasteiger partial charge in [-0.15, -0.1) is 0 Å². The molecule has 2 aromatic rings. The van der Waals surface area contributed by atoms with Crippen LogP contribution in [0.4, 0.5) is 0 Å². The van der Waals surface area contributed by atoms with Gasteiger partial charge in [-0.05, 0) is 42.7 Å². The molecule has 2 nitrogen and oxygen atoms in total. The summed E-state index contributed by atoms with van der Waals surface area (Å²) >= 11 is 0. The van der Waals surface area contributed by atoms with Crippen LogP contribution in [0.25, 0.3) is 0 Å². The zero-order valence-electron chi connectivity index (χ0n) is 10.9. The van der Waals surface area contributed by atoms with Crippen LogP contribution < -0.4 is 4.74 Å². The topological polar surface area (TPSA) is 18.5 Å². The maximum Gasteiger partial charge on any atom is 0.127 e. The Morgan fingerprint density at radius 2 is 1.63 bits per heavy atom. The summed E-state index contributed by atoms with van der Waals surface area (Å²) in [6.07, 6.45) is 2.38. The molecule has 0 radical (unpaired) electrons. The van der Waals surface area contributed by atoms with Crippen molar-refractivity contribution in [3.8, 4) is 11.5 Å². The van der Waals surface area contributed by atoms with E-state index in [4.69, 9.17) is 9.47 Å². The van der Waals surface area contributed by atoms with E-state index in [2.05, 4.69) is 12.1 Å². The van der Waals surface area contributed by atoms with E-state index in [0.717, 1.165) is 31.1 Å². The average molecular weight is 254 g/mol. The molecule has 98 valence electrons. The maximum atomic E-state index is 5.79. The van der Waals surface area contributed by atoms with E-state index in [1.807, 2.05) is 42.5 Å². The first kappa shape index (κ1) is 12.2. The second-order valence-electron chi connectivity index (χ2n) is 4.90. The van der Waals surface area contributed by atoms with E-state index >= 15 is 0 Å². The third-order valence-electron chi connectivity index (χ3n) is 3.49. The number of hydrogen-bond acceptors (Lipinski definition) is 2. The van der Waals surface area contributed by atoms with Crippen molar-refractivity contribution in [1.82, 2.24) is 0 Å². The number of hydrogen-bond donors (Lipinski definition) is 0. The predicted octanol–water partition coefficient (Wildman–Crippen LogP) is 4.37. The largest absolute Gasteiger partial charge is 0.457 e. The van der Waals surface area contributed by atoms with E-state index in [9.17, 15) is 0 Å². The molecule has 1 aliphatic heterocycles. The standard InChI is InChI=1S/C17H18O2/c1-2-6-16(7-3-1)19-17-10-8-14(9-11-17)15-5-4-12-18-13-15/h1-3,6-11,15H,4-5,12-13H2. The van der Waals surface area contributed by atoms with Crippen LogP contribution in [0.1, 0.15) is 24.3 Å². The van der Waals surface area contributed by atoms with E-state index in [0.29, 0.717) is 5.92 Å². The summed E-state index contributed by atoms with van der Waals surface area (Å²) in [7, 11) is 0. The minimum atomic E-state index is 0.541. The van der Waals surface area contributed by atoms with Crippen molar-refractivity contribution < 1.29 is 9.47 Å². The molecule has 0 N–H and O–H groups in total. The first-order chi connectivity index (χ1) is 9.42. The molecule has 0 aromatic heterocycles. The smallest absolute Gasteiger partial charge is 0.127 e. The van der Waals surface area contributed by atoms with E-state index in [1.54, 1.807) is 0 Å². The molecule has 1 unspecified atom stereocenters. The number of para-hydroxylation sites is 1. The third kappa shape index (κ3) is 3.15. The van der Waals surface area contributed by atoms with Gasteiger partial charge in [-0.1, -0.05) is 30.3 Å². The van der Waals surface area contributed by atoms with Gasteiger partial charge in [0.1, 0.15) is 11.5 Å². The predicted molar refractivity (Wildman–Crippen MR) is 75.8 cm³/mol. The van der Waals surface area contributed by atoms with E-state index in [-0.39, 0.29) is 0 Å². The summed E-state index contributed by atoms with van der Waals surface area (Å²) < 4.78 is 11.3. The van der Waals surface area contributed by atoms with Gasteiger partial charge in [-0.3, -0.25) is 0 Å². The summed E-state index contributed by atoms with van der Waals surface area (Å²) in [6, 6.07) is 18.2. The van der Waals surface area contributed by atoms with Gasteiger partial charge in [0.25, 0.3) is 0 Å². The number of ether oxygens (including phenoxy) is 2. The van der Waals surface area contributed by atoms with Gasteiger partial charge in [-0.25, -0.2) is 0 Å². The lowest BCUT2D eigenvalue weighted by Gasteiger charge is -2.22. The average Bonchev–Trinajstić information content (AvgIpc) is 2.50. The van der Waals surface area contributed by atoms with Gasteiger partial charge >= 0.3 is 0 Å². The fraction of sp³-hybridized carbons (Fsp3) is 0.294. The van der Waals surface area contributed by atoms with Crippen LogP contribution in [0.15, 0.2) is 54.6 Å². The highest BCUT2D eigenvalue weighted by Crippen LogP contribution is 2.28. The summed E-state index contributed by atoms with van der Waals surface area (Å²) in [4.78, 5) is 0. The highest BCUT2D eigenvalue weighted by atomic mass is 16.5. The van der Waals surface area contributed by atoms with E-state index in [1.165, 1.54) is 12.0 Å². The first-order valence-corrected chi connectivity index (χ1v) is 6.82. The molecule has 1 atom stereocenters. The lowest BCUT2D eigenvalue weighted by molar-refractivity contribution is 0.0804. The van der Waals surface area contributed by atoms with Crippen LogP contribution in [0.3, 0.4) is 0 Å². The molecule has 3 rings (SSSR count). The molecule has 0 aliphatic carbocycles. The van der Waals surface area contributed by atoms with Crippen molar-refractivity contribution >= 4 is 0 Å². The molecule has 0 bridgehead atoms. The summed E-state index contributed by atoms with van der Waals surface area (Å²) in [5.41, 5.74) is 1.35. The van der Waals surface area contributed by atoms with Crippen molar-refractivity contribution in [3.63, 3.8) is 0 Å². The molecule has 0 spiro atoms. The first-order valence-electron chi connectivity index (χ1n) is 6.82. The van der Waals surface area contributed by atoms with Crippen LogP contribution in [0.2, 0.25) is 0 Å². The maximum absolute atomic E-state index is 5.79. The van der Waals surface area contributed by atoms with Gasteiger partial charge in [0.15, 0.2) is 0 Å². The van der Waals surface area contributed by atoms with Gasteiger partial charge in [0.05, 0.1) is 6.61 Å². The molecule has 19 heavy (non-hydrogen) atoms. The van der Waals surface area contributed by atoms with Gasteiger partial charge < -0.3 is 9.47 Å². The highest BCUT2D eigenvalue weighted by molar-refractivity contribution is 5.34. The normalized spacial score (nSPS) is 19.1. The van der Waals surface area contributed by atoms with Crippen LogP contribution in [0.5, 0.6) is 11.5 Å². The molecule has 1 fully saturated rings. The Labute approximate surface area is 114 Å². The highest BCUT2D eigenvalue weighted by Gasteiger charge is 2.15. The second-order valence-corrected chi connectivity index (χ2v) is 4.90. The van der Waals surface area contributed by atoms with Crippen LogP contribution in [-0.4, -0.2) is 13.2 Å². The minimum absolute atomic E-state index is 0.541. The number of rotatable bonds is 3. The van der Waals surface area contributed by atoms with Gasteiger partial charge in [0, 0.05) is 12.5 Å². The Kier molecular flexibility index (Phi) is 3.80. The molecule has 1 heterocycles. The molecule has 1 saturated heterocycles. The summed E-state index contributed by atoms with van der Waals surface area (Å²) in [6.45, 7) is 1.75. The van der Waals surface area contributed by atoms with Crippen LogP contribution in [-0.2, 0) is 4.74 Å². The fourth-order valence-electron chi connectivity index (χ4n) is 2.44. The molecule has 1 aliphatic rings. The van der Waals surface area contributed by atoms with Crippen molar-refractivity contribution in [2.24, 2.45) is 0 Å². The van der Waals surface area contributed by atoms with Crippen LogP contribution >= 0.6 is 0 Å². The van der Waals surface area contributed by atoms with Crippen molar-refractivity contribution in [1.29, 1.82) is 0 Å². The van der Waals surface area contributed by atoms with Crippen molar-refractivity contribution in [2.75, 3.05) is 13.2 Å². The zero-order valence-corrected chi connectivity index (χ0v) is 10.9. The lowest BCUT2D eigenvalue weighted by atomic mass is 9.94. The fourth-order valence-corrected chi connectivity index (χ4v) is 2.44. The Morgan fingerprint density at radius 3 is 2.32 bits per heavy atom. The molecular formula is C17H18O2. The monoisotopic (exact) mass is 254 g/mol.